The van der Waals surface area contributed by atoms with E-state index in [0.717, 1.165) is 39.2 Å². The number of carbonyl (C=O) groups excluding carboxylic acids is 1. The van der Waals surface area contributed by atoms with Crippen LogP contribution in [0.1, 0.15) is 41.9 Å². The van der Waals surface area contributed by atoms with Crippen molar-refractivity contribution in [3.05, 3.63) is 147 Å². The van der Waals surface area contributed by atoms with Crippen molar-refractivity contribution < 1.29 is 46.0 Å². The van der Waals surface area contributed by atoms with Crippen molar-refractivity contribution in [2.45, 2.75) is 57.8 Å². The van der Waals surface area contributed by atoms with Gasteiger partial charge >= 0.3 is 28.5 Å². The average Bonchev–Trinajstić information content (AvgIpc) is 3.20. The molecule has 2 heterocycles. The molecule has 0 bridgehead atoms. The van der Waals surface area contributed by atoms with Gasteiger partial charge in [-0.3, -0.25) is 9.59 Å². The Labute approximate surface area is 335 Å². The van der Waals surface area contributed by atoms with E-state index in [-0.39, 0.29) is 18.7 Å². The van der Waals surface area contributed by atoms with E-state index >= 15 is 0 Å². The summed E-state index contributed by atoms with van der Waals surface area (Å²) in [6.45, 7) is 4.43. The fraction of sp³-hybridized carbons (Fsp3) is 0.300. The molecular weight excluding hydrogens is 820 g/mol. The Bertz CT molecular complexity index is 2110. The molecule has 0 atom stereocenters. The van der Waals surface area contributed by atoms with Crippen molar-refractivity contribution in [3.8, 4) is 23.0 Å². The maximum atomic E-state index is 12.7. The molecular formula is C40H42BrF4N4O8+. The van der Waals surface area contributed by atoms with Gasteiger partial charge in [-0.15, -0.1) is 0 Å². The Balaban J connectivity index is 0.000000255. The zero-order chi connectivity index (χ0) is 42.0. The van der Waals surface area contributed by atoms with Crippen LogP contribution in [0, 0.1) is 6.92 Å². The van der Waals surface area contributed by atoms with Crippen LogP contribution < -0.4 is 30.1 Å². The van der Waals surface area contributed by atoms with Gasteiger partial charge in [-0.1, -0.05) is 68.4 Å². The number of carbonyl (C=O) groups is 1. The molecule has 0 unspecified atom stereocenters. The largest absolute Gasteiger partial charge is 0.497 e. The number of methoxy groups -OCH3 is 2. The summed E-state index contributed by atoms with van der Waals surface area (Å²) in [5.41, 5.74) is 3.20. The molecule has 0 fully saturated rings. The molecule has 0 aliphatic carbocycles. The van der Waals surface area contributed by atoms with Crippen LogP contribution in [-0.2, 0) is 42.1 Å². The van der Waals surface area contributed by atoms with Crippen molar-refractivity contribution in [2.24, 2.45) is 0 Å². The molecule has 0 radical (unpaired) electrons. The SMILES string of the molecule is CCc1cc(OC(F)F)c(=O)n(Cc2ccc(OC)cc2)n1.CCc1cc(OCc2ccccc2)c(=O)n(Cc2ccc(OC)cc2)n1.[CH2+]COC(=O)C(F)(F)Br. The maximum absolute atomic E-state index is 12.7. The van der Waals surface area contributed by atoms with Crippen LogP contribution in [0.25, 0.3) is 0 Å². The molecule has 304 valence electrons. The highest BCUT2D eigenvalue weighted by molar-refractivity contribution is 9.10. The van der Waals surface area contributed by atoms with Gasteiger partial charge in [0.2, 0.25) is 6.61 Å². The minimum Gasteiger partial charge on any atom is -0.497 e. The quantitative estimate of drug-likeness (QED) is 0.0459. The number of ether oxygens (including phenoxy) is 5. The lowest BCUT2D eigenvalue weighted by molar-refractivity contribution is -0.158. The Hall–Kier alpha value is -5.84. The first-order chi connectivity index (χ1) is 27.2. The second kappa shape index (κ2) is 22.6. The normalized spacial score (nSPS) is 10.7. The monoisotopic (exact) mass is 861 g/mol. The van der Waals surface area contributed by atoms with Gasteiger partial charge in [-0.2, -0.15) is 27.8 Å². The summed E-state index contributed by atoms with van der Waals surface area (Å²) in [6.07, 6.45) is 1.23. The summed E-state index contributed by atoms with van der Waals surface area (Å²) < 4.78 is 74.9. The molecule has 0 saturated heterocycles. The second-order valence-corrected chi connectivity index (χ2v) is 12.6. The molecule has 0 saturated carbocycles. The number of alkyl halides is 5. The fourth-order valence-electron chi connectivity index (χ4n) is 4.70. The van der Waals surface area contributed by atoms with Crippen molar-refractivity contribution in [1.82, 2.24) is 19.6 Å². The molecule has 3 aromatic carbocycles. The van der Waals surface area contributed by atoms with Gasteiger partial charge in [0.1, 0.15) is 25.0 Å². The molecule has 5 aromatic rings. The first-order valence-electron chi connectivity index (χ1n) is 17.3. The van der Waals surface area contributed by atoms with E-state index < -0.39 is 28.7 Å². The summed E-state index contributed by atoms with van der Waals surface area (Å²) in [5.74, 6) is -0.210. The number of aromatic nitrogens is 4. The number of esters is 1. The number of hydrogen-bond acceptors (Lipinski definition) is 10. The minimum absolute atomic E-state index is 0.163. The summed E-state index contributed by atoms with van der Waals surface area (Å²) in [6, 6.07) is 27.4. The lowest BCUT2D eigenvalue weighted by atomic mass is 10.2. The van der Waals surface area contributed by atoms with E-state index in [4.69, 9.17) is 14.2 Å². The van der Waals surface area contributed by atoms with Crippen LogP contribution in [0.3, 0.4) is 0 Å². The summed E-state index contributed by atoms with van der Waals surface area (Å²) in [7, 11) is 3.18. The number of aryl methyl sites for hydroxylation is 2. The lowest BCUT2D eigenvalue weighted by Gasteiger charge is -2.11. The van der Waals surface area contributed by atoms with Gasteiger partial charge < -0.3 is 23.7 Å². The van der Waals surface area contributed by atoms with E-state index in [0.29, 0.717) is 36.8 Å². The molecule has 17 heteroatoms. The van der Waals surface area contributed by atoms with Gasteiger partial charge in [0, 0.05) is 28.1 Å². The molecule has 2 aromatic heterocycles. The number of benzene rings is 3. The zero-order valence-electron chi connectivity index (χ0n) is 31.6. The van der Waals surface area contributed by atoms with Crippen molar-refractivity contribution in [2.75, 3.05) is 20.8 Å². The van der Waals surface area contributed by atoms with Crippen LogP contribution in [0.5, 0.6) is 23.0 Å². The van der Waals surface area contributed by atoms with Crippen LogP contribution in [0.2, 0.25) is 0 Å². The Kier molecular flexibility index (Phi) is 18.1. The van der Waals surface area contributed by atoms with Gasteiger partial charge in [-0.05, 0) is 53.8 Å². The van der Waals surface area contributed by atoms with Crippen LogP contribution in [0.15, 0.2) is 101 Å². The van der Waals surface area contributed by atoms with Gasteiger partial charge in [0.15, 0.2) is 11.5 Å². The first-order valence-corrected chi connectivity index (χ1v) is 18.1. The number of hydrogen-bond donors (Lipinski definition) is 0. The average molecular weight is 863 g/mol. The summed E-state index contributed by atoms with van der Waals surface area (Å²) >= 11 is 1.81. The van der Waals surface area contributed by atoms with E-state index in [2.05, 4.69) is 26.6 Å². The number of nitrogens with zero attached hydrogens (tertiary/aromatic N) is 4. The zero-order valence-corrected chi connectivity index (χ0v) is 33.2. The van der Waals surface area contributed by atoms with Crippen LogP contribution in [-0.4, -0.2) is 57.8 Å². The van der Waals surface area contributed by atoms with E-state index in [1.54, 1.807) is 44.6 Å². The Morgan fingerprint density at radius 3 is 1.60 bits per heavy atom. The highest BCUT2D eigenvalue weighted by Crippen LogP contribution is 2.22. The Morgan fingerprint density at radius 1 is 0.754 bits per heavy atom. The van der Waals surface area contributed by atoms with Gasteiger partial charge in [0.05, 0.1) is 38.7 Å². The number of rotatable bonds is 15. The van der Waals surface area contributed by atoms with Gasteiger partial charge in [-0.25, -0.2) is 14.2 Å². The highest BCUT2D eigenvalue weighted by Gasteiger charge is 2.37. The molecule has 0 aliphatic heterocycles. The predicted molar refractivity (Wildman–Crippen MR) is 208 cm³/mol. The third-order valence-electron chi connectivity index (χ3n) is 7.61. The molecule has 0 spiro atoms. The molecule has 5 rings (SSSR count). The smallest absolute Gasteiger partial charge is 0.396 e. The molecule has 0 amide bonds. The van der Waals surface area contributed by atoms with E-state index in [1.807, 2.05) is 84.4 Å². The summed E-state index contributed by atoms with van der Waals surface area (Å²) in [4.78, 5) is 31.3. The number of halogens is 5. The first kappa shape index (κ1) is 45.5. The second-order valence-electron chi connectivity index (χ2n) is 11.6. The third-order valence-corrected chi connectivity index (χ3v) is 7.93. The van der Waals surface area contributed by atoms with E-state index in [9.17, 15) is 31.9 Å². The van der Waals surface area contributed by atoms with Gasteiger partial charge in [0.25, 0.3) is 0 Å². The van der Waals surface area contributed by atoms with Crippen molar-refractivity contribution in [3.63, 3.8) is 0 Å². The predicted octanol–water partition coefficient (Wildman–Crippen LogP) is 7.26. The topological polar surface area (TPSA) is 133 Å². The van der Waals surface area contributed by atoms with Crippen molar-refractivity contribution in [1.29, 1.82) is 0 Å². The third kappa shape index (κ3) is 15.0. The minimum atomic E-state index is -3.58. The van der Waals surface area contributed by atoms with Crippen LogP contribution in [0.4, 0.5) is 17.6 Å². The lowest BCUT2D eigenvalue weighted by Crippen LogP contribution is -2.27. The van der Waals surface area contributed by atoms with Crippen LogP contribution >= 0.6 is 15.9 Å². The summed E-state index contributed by atoms with van der Waals surface area (Å²) in [5, 5.41) is 8.58. The maximum Gasteiger partial charge on any atom is 0.396 e. The fourth-order valence-corrected chi connectivity index (χ4v) is 4.81. The standard InChI is InChI=1S/C21H22N2O3.C15H16F2N2O3.C4H4BrF2O2/c1-3-18-13-20(26-15-17-7-5-4-6-8-17)21(24)23(22-18)14-16-9-11-19(25-2)12-10-16;1-3-11-8-13(22-15(16)17)14(20)19(18-11)9-10-4-6-12(21-2)7-5-10;1-2-9-3(8)4(5,6)7/h4-13H,3,14-15H2,1-2H3;4-8,15H,3,9H2,1-2H3;1-2H2/q;;+1. The molecule has 12 nitrogen and oxygen atoms in total. The van der Waals surface area contributed by atoms with Crippen molar-refractivity contribution >= 4 is 21.9 Å². The molecule has 0 N–H and O–H groups in total. The molecule has 57 heavy (non-hydrogen) atoms. The molecule has 0 aliphatic rings. The Morgan fingerprint density at radius 2 is 1.21 bits per heavy atom. The van der Waals surface area contributed by atoms with E-state index in [1.165, 1.54) is 10.7 Å². The highest BCUT2D eigenvalue weighted by atomic mass is 79.9.